The second-order valence-electron chi connectivity index (χ2n) is 5.54. The van der Waals surface area contributed by atoms with E-state index in [0.29, 0.717) is 13.0 Å². The van der Waals surface area contributed by atoms with Crippen LogP contribution in [0.1, 0.15) is 24.2 Å². The van der Waals surface area contributed by atoms with Crippen LogP contribution < -0.4 is 0 Å². The molecule has 0 radical (unpaired) electrons. The van der Waals surface area contributed by atoms with Crippen molar-refractivity contribution in [2.45, 2.75) is 25.8 Å². The molecule has 1 aromatic carbocycles. The van der Waals surface area contributed by atoms with Crippen molar-refractivity contribution in [3.63, 3.8) is 0 Å². The molecule has 3 rings (SSSR count). The molecular formula is C18H20N2O2. The number of rotatable bonds is 6. The van der Waals surface area contributed by atoms with Gasteiger partial charge in [-0.2, -0.15) is 0 Å². The Morgan fingerprint density at radius 1 is 1.23 bits per heavy atom. The number of para-hydroxylation sites is 1. The van der Waals surface area contributed by atoms with Crippen LogP contribution in [0.2, 0.25) is 0 Å². The first-order chi connectivity index (χ1) is 10.7. The van der Waals surface area contributed by atoms with Crippen LogP contribution in [0.15, 0.2) is 53.3 Å². The molecule has 4 heteroatoms. The van der Waals surface area contributed by atoms with Crippen molar-refractivity contribution < 1.29 is 9.21 Å². The lowest BCUT2D eigenvalue weighted by molar-refractivity contribution is -0.130. The lowest BCUT2D eigenvalue weighted by Crippen LogP contribution is -2.25. The molecule has 0 aliphatic heterocycles. The summed E-state index contributed by atoms with van der Waals surface area (Å²) in [5, 5.41) is 1.25. The molecule has 0 aliphatic rings. The zero-order valence-corrected chi connectivity index (χ0v) is 12.7. The third kappa shape index (κ3) is 3.22. The van der Waals surface area contributed by atoms with E-state index in [2.05, 4.69) is 17.1 Å². The maximum Gasteiger partial charge on any atom is 0.222 e. The molecule has 0 spiro atoms. The second-order valence-corrected chi connectivity index (χ2v) is 5.54. The van der Waals surface area contributed by atoms with Gasteiger partial charge in [-0.05, 0) is 36.6 Å². The number of nitrogens with zero attached hydrogens (tertiary/aromatic N) is 1. The average Bonchev–Trinajstić information content (AvgIpc) is 3.17. The average molecular weight is 296 g/mol. The molecule has 22 heavy (non-hydrogen) atoms. The van der Waals surface area contributed by atoms with Gasteiger partial charge >= 0.3 is 0 Å². The third-order valence-electron chi connectivity index (χ3n) is 3.91. The molecule has 1 amide bonds. The molecule has 3 aromatic rings. The predicted octanol–water partition coefficient (Wildman–Crippen LogP) is 3.74. The van der Waals surface area contributed by atoms with Crippen molar-refractivity contribution in [3.8, 4) is 0 Å². The summed E-state index contributed by atoms with van der Waals surface area (Å²) in [7, 11) is 1.82. The number of furan rings is 1. The molecule has 0 saturated heterocycles. The molecule has 4 nitrogen and oxygen atoms in total. The normalized spacial score (nSPS) is 11.0. The van der Waals surface area contributed by atoms with E-state index in [1.807, 2.05) is 37.5 Å². The van der Waals surface area contributed by atoms with Crippen LogP contribution in [0.25, 0.3) is 10.9 Å². The molecule has 1 N–H and O–H groups in total. The highest BCUT2D eigenvalue weighted by Crippen LogP contribution is 2.19. The number of nitrogens with one attached hydrogen (secondary N) is 1. The number of aromatic nitrogens is 1. The van der Waals surface area contributed by atoms with Crippen molar-refractivity contribution in [3.05, 3.63) is 60.2 Å². The number of carbonyl (C=O) groups excluding carboxylic acids is 1. The first-order valence-corrected chi connectivity index (χ1v) is 7.55. The molecule has 0 aliphatic carbocycles. The molecule has 2 heterocycles. The van der Waals surface area contributed by atoms with Crippen molar-refractivity contribution in [2.24, 2.45) is 0 Å². The van der Waals surface area contributed by atoms with Crippen molar-refractivity contribution in [1.82, 2.24) is 9.88 Å². The highest BCUT2D eigenvalue weighted by molar-refractivity contribution is 5.83. The van der Waals surface area contributed by atoms with Gasteiger partial charge in [-0.25, -0.2) is 0 Å². The molecule has 0 atom stereocenters. The van der Waals surface area contributed by atoms with Gasteiger partial charge in [-0.1, -0.05) is 18.2 Å². The lowest BCUT2D eigenvalue weighted by atomic mass is 10.1. The van der Waals surface area contributed by atoms with Gasteiger partial charge in [0, 0.05) is 30.6 Å². The molecule has 2 aromatic heterocycles. The van der Waals surface area contributed by atoms with E-state index in [1.165, 1.54) is 10.9 Å². The lowest BCUT2D eigenvalue weighted by Gasteiger charge is -2.15. The number of aromatic amines is 1. The van der Waals surface area contributed by atoms with Crippen LogP contribution in [0.5, 0.6) is 0 Å². The summed E-state index contributed by atoms with van der Waals surface area (Å²) in [5.74, 6) is 0.962. The molecule has 0 fully saturated rings. The number of benzene rings is 1. The fourth-order valence-electron chi connectivity index (χ4n) is 2.68. The van der Waals surface area contributed by atoms with E-state index >= 15 is 0 Å². The van der Waals surface area contributed by atoms with Gasteiger partial charge in [0.05, 0.1) is 12.8 Å². The first kappa shape index (κ1) is 14.4. The third-order valence-corrected chi connectivity index (χ3v) is 3.91. The van der Waals surface area contributed by atoms with Gasteiger partial charge in [-0.15, -0.1) is 0 Å². The van der Waals surface area contributed by atoms with E-state index in [9.17, 15) is 4.79 Å². The SMILES string of the molecule is CN(Cc1ccco1)C(=O)CCCc1c[nH]c2ccccc12. The highest BCUT2D eigenvalue weighted by atomic mass is 16.3. The Kier molecular flexibility index (Phi) is 4.28. The number of H-pyrrole nitrogens is 1. The quantitative estimate of drug-likeness (QED) is 0.753. The summed E-state index contributed by atoms with van der Waals surface area (Å²) in [6.45, 7) is 0.527. The van der Waals surface area contributed by atoms with E-state index in [0.717, 1.165) is 24.1 Å². The summed E-state index contributed by atoms with van der Waals surface area (Å²) in [6, 6.07) is 12.0. The Balaban J connectivity index is 1.51. The number of carbonyl (C=O) groups is 1. The van der Waals surface area contributed by atoms with E-state index < -0.39 is 0 Å². The Labute approximate surface area is 129 Å². The van der Waals surface area contributed by atoms with Crippen LogP contribution in [-0.4, -0.2) is 22.8 Å². The fraction of sp³-hybridized carbons (Fsp3) is 0.278. The minimum Gasteiger partial charge on any atom is -0.467 e. The minimum atomic E-state index is 0.149. The smallest absolute Gasteiger partial charge is 0.222 e. The first-order valence-electron chi connectivity index (χ1n) is 7.55. The van der Waals surface area contributed by atoms with Crippen LogP contribution in [0, 0.1) is 0 Å². The monoisotopic (exact) mass is 296 g/mol. The topological polar surface area (TPSA) is 49.2 Å². The fourth-order valence-corrected chi connectivity index (χ4v) is 2.68. The maximum atomic E-state index is 12.1. The van der Waals surface area contributed by atoms with Gasteiger partial charge < -0.3 is 14.3 Å². The maximum absolute atomic E-state index is 12.1. The predicted molar refractivity (Wildman–Crippen MR) is 86.4 cm³/mol. The van der Waals surface area contributed by atoms with E-state index in [-0.39, 0.29) is 5.91 Å². The Morgan fingerprint density at radius 2 is 2.09 bits per heavy atom. The zero-order valence-electron chi connectivity index (χ0n) is 12.7. The Morgan fingerprint density at radius 3 is 2.91 bits per heavy atom. The van der Waals surface area contributed by atoms with E-state index in [4.69, 9.17) is 4.42 Å². The zero-order chi connectivity index (χ0) is 15.4. The molecular weight excluding hydrogens is 276 g/mol. The number of aryl methyl sites for hydroxylation is 1. The second kappa shape index (κ2) is 6.52. The molecule has 0 bridgehead atoms. The summed E-state index contributed by atoms with van der Waals surface area (Å²) >= 11 is 0. The molecule has 0 saturated carbocycles. The summed E-state index contributed by atoms with van der Waals surface area (Å²) < 4.78 is 5.27. The highest BCUT2D eigenvalue weighted by Gasteiger charge is 2.11. The summed E-state index contributed by atoms with van der Waals surface area (Å²) in [5.41, 5.74) is 2.43. The minimum absolute atomic E-state index is 0.149. The summed E-state index contributed by atoms with van der Waals surface area (Å²) in [6.07, 6.45) is 5.98. The van der Waals surface area contributed by atoms with E-state index in [1.54, 1.807) is 11.2 Å². The molecule has 114 valence electrons. The van der Waals surface area contributed by atoms with Crippen LogP contribution in [0.3, 0.4) is 0 Å². The standard InChI is InChI=1S/C18H20N2O2/c1-20(13-15-7-5-11-22-15)18(21)10-4-6-14-12-19-17-9-3-2-8-16(14)17/h2-3,5,7-9,11-12,19H,4,6,10,13H2,1H3. The van der Waals surface area contributed by atoms with Gasteiger partial charge in [0.15, 0.2) is 0 Å². The number of hydrogen-bond donors (Lipinski definition) is 1. The van der Waals surface area contributed by atoms with Gasteiger partial charge in [-0.3, -0.25) is 4.79 Å². The Hall–Kier alpha value is -2.49. The van der Waals surface area contributed by atoms with Crippen LogP contribution in [0.4, 0.5) is 0 Å². The summed E-state index contributed by atoms with van der Waals surface area (Å²) in [4.78, 5) is 17.1. The van der Waals surface area contributed by atoms with Crippen molar-refractivity contribution in [2.75, 3.05) is 7.05 Å². The van der Waals surface area contributed by atoms with Gasteiger partial charge in [0.25, 0.3) is 0 Å². The van der Waals surface area contributed by atoms with Crippen LogP contribution >= 0.6 is 0 Å². The van der Waals surface area contributed by atoms with Crippen molar-refractivity contribution >= 4 is 16.8 Å². The van der Waals surface area contributed by atoms with Gasteiger partial charge in [0.1, 0.15) is 5.76 Å². The number of amides is 1. The van der Waals surface area contributed by atoms with Crippen molar-refractivity contribution in [1.29, 1.82) is 0 Å². The number of hydrogen-bond acceptors (Lipinski definition) is 2. The van der Waals surface area contributed by atoms with Gasteiger partial charge in [0.2, 0.25) is 5.91 Å². The largest absolute Gasteiger partial charge is 0.467 e. The Bertz CT molecular complexity index is 743. The number of fused-ring (bicyclic) bond motifs is 1. The molecule has 0 unspecified atom stereocenters. The van der Waals surface area contributed by atoms with Crippen LogP contribution in [-0.2, 0) is 17.8 Å².